The van der Waals surface area contributed by atoms with Crippen molar-refractivity contribution in [2.75, 3.05) is 11.9 Å². The molecule has 120 valence electrons. The Labute approximate surface area is 133 Å². The van der Waals surface area contributed by atoms with Crippen molar-refractivity contribution in [3.05, 3.63) is 65.0 Å². The Hall–Kier alpha value is -2.89. The summed E-state index contributed by atoms with van der Waals surface area (Å²) in [5.41, 5.74) is 7.32. The van der Waals surface area contributed by atoms with E-state index in [-0.39, 0.29) is 24.8 Å². The van der Waals surface area contributed by atoms with Crippen molar-refractivity contribution in [1.82, 2.24) is 5.32 Å². The number of amides is 2. The van der Waals surface area contributed by atoms with Crippen LogP contribution in [0.5, 0.6) is 0 Å². The van der Waals surface area contributed by atoms with Gasteiger partial charge in [-0.1, -0.05) is 24.3 Å². The third kappa shape index (κ3) is 4.54. The number of carbonyl (C=O) groups excluding carboxylic acids is 2. The first-order valence-corrected chi connectivity index (χ1v) is 7.12. The first-order valence-electron chi connectivity index (χ1n) is 7.12. The van der Waals surface area contributed by atoms with Gasteiger partial charge in [0.2, 0.25) is 5.91 Å². The van der Waals surface area contributed by atoms with Crippen LogP contribution < -0.4 is 16.4 Å². The standard InChI is InChI=1S/C17H18FN3O2/c1-11-6-7-12(8-14(11)18)9-21-16(22)10-20-15-5-3-2-4-13(15)17(19)23/h2-8,20H,9-10H2,1H3,(H2,19,23)(H,21,22). The van der Waals surface area contributed by atoms with Crippen molar-refractivity contribution < 1.29 is 14.0 Å². The number of para-hydroxylation sites is 1. The molecule has 0 saturated heterocycles. The van der Waals surface area contributed by atoms with Crippen molar-refractivity contribution in [2.24, 2.45) is 5.73 Å². The van der Waals surface area contributed by atoms with Crippen molar-refractivity contribution in [3.8, 4) is 0 Å². The van der Waals surface area contributed by atoms with E-state index in [0.717, 1.165) is 0 Å². The van der Waals surface area contributed by atoms with Crippen LogP contribution in [0.3, 0.4) is 0 Å². The highest BCUT2D eigenvalue weighted by molar-refractivity contribution is 5.98. The van der Waals surface area contributed by atoms with Crippen LogP contribution in [0.25, 0.3) is 0 Å². The lowest BCUT2D eigenvalue weighted by Gasteiger charge is -2.10. The SMILES string of the molecule is Cc1ccc(CNC(=O)CNc2ccccc2C(N)=O)cc1F. The van der Waals surface area contributed by atoms with Gasteiger partial charge in [-0.25, -0.2) is 4.39 Å². The molecule has 0 aliphatic carbocycles. The Bertz CT molecular complexity index is 732. The number of primary amides is 1. The molecule has 23 heavy (non-hydrogen) atoms. The molecule has 2 amide bonds. The Kier molecular flexibility index (Phi) is 5.30. The number of anilines is 1. The molecule has 5 nitrogen and oxygen atoms in total. The fourth-order valence-electron chi connectivity index (χ4n) is 2.04. The molecule has 0 aromatic heterocycles. The summed E-state index contributed by atoms with van der Waals surface area (Å²) < 4.78 is 13.4. The number of halogens is 1. The molecule has 0 aliphatic heterocycles. The number of rotatable bonds is 6. The first-order chi connectivity index (χ1) is 11.0. The van der Waals surface area contributed by atoms with E-state index in [2.05, 4.69) is 10.6 Å². The van der Waals surface area contributed by atoms with E-state index < -0.39 is 5.91 Å². The van der Waals surface area contributed by atoms with E-state index >= 15 is 0 Å². The Morgan fingerprint density at radius 2 is 1.91 bits per heavy atom. The number of benzene rings is 2. The van der Waals surface area contributed by atoms with Gasteiger partial charge in [0.15, 0.2) is 0 Å². The molecular formula is C17H18FN3O2. The van der Waals surface area contributed by atoms with Gasteiger partial charge in [-0.05, 0) is 36.2 Å². The summed E-state index contributed by atoms with van der Waals surface area (Å²) in [4.78, 5) is 23.1. The smallest absolute Gasteiger partial charge is 0.250 e. The average molecular weight is 315 g/mol. The molecule has 0 radical (unpaired) electrons. The van der Waals surface area contributed by atoms with Crippen LogP contribution in [0.4, 0.5) is 10.1 Å². The maximum atomic E-state index is 13.4. The molecule has 0 unspecified atom stereocenters. The van der Waals surface area contributed by atoms with Crippen LogP contribution in [-0.2, 0) is 11.3 Å². The van der Waals surface area contributed by atoms with Crippen molar-refractivity contribution in [2.45, 2.75) is 13.5 Å². The molecule has 2 aromatic rings. The van der Waals surface area contributed by atoms with Crippen molar-refractivity contribution >= 4 is 17.5 Å². The summed E-state index contributed by atoms with van der Waals surface area (Å²) in [5, 5.41) is 5.54. The van der Waals surface area contributed by atoms with Crippen LogP contribution in [0.2, 0.25) is 0 Å². The fourth-order valence-corrected chi connectivity index (χ4v) is 2.04. The van der Waals surface area contributed by atoms with Gasteiger partial charge in [0.05, 0.1) is 12.1 Å². The highest BCUT2D eigenvalue weighted by Gasteiger charge is 2.08. The quantitative estimate of drug-likeness (QED) is 0.762. The zero-order valence-corrected chi connectivity index (χ0v) is 12.7. The monoisotopic (exact) mass is 315 g/mol. The fraction of sp³-hybridized carbons (Fsp3) is 0.176. The van der Waals surface area contributed by atoms with Gasteiger partial charge in [-0.2, -0.15) is 0 Å². The molecule has 0 bridgehead atoms. The summed E-state index contributed by atoms with van der Waals surface area (Å²) in [5.74, 6) is -1.14. The minimum atomic E-state index is -0.566. The van der Waals surface area contributed by atoms with Gasteiger partial charge in [-0.3, -0.25) is 9.59 Å². The number of hydrogen-bond donors (Lipinski definition) is 3. The third-order valence-corrected chi connectivity index (χ3v) is 3.36. The van der Waals surface area contributed by atoms with Gasteiger partial charge >= 0.3 is 0 Å². The van der Waals surface area contributed by atoms with Gasteiger partial charge < -0.3 is 16.4 Å². The predicted octanol–water partition coefficient (Wildman–Crippen LogP) is 1.96. The number of aryl methyl sites for hydroxylation is 1. The van der Waals surface area contributed by atoms with Crippen LogP contribution >= 0.6 is 0 Å². The molecular weight excluding hydrogens is 297 g/mol. The molecule has 2 rings (SSSR count). The Morgan fingerprint density at radius 3 is 2.61 bits per heavy atom. The maximum Gasteiger partial charge on any atom is 0.250 e. The van der Waals surface area contributed by atoms with E-state index in [4.69, 9.17) is 5.73 Å². The van der Waals surface area contributed by atoms with Crippen LogP contribution in [-0.4, -0.2) is 18.4 Å². The molecule has 4 N–H and O–H groups in total. The first kappa shape index (κ1) is 16.5. The minimum Gasteiger partial charge on any atom is -0.376 e. The highest BCUT2D eigenvalue weighted by Crippen LogP contribution is 2.13. The van der Waals surface area contributed by atoms with E-state index in [9.17, 15) is 14.0 Å². The predicted molar refractivity (Wildman–Crippen MR) is 86.4 cm³/mol. The number of hydrogen-bond acceptors (Lipinski definition) is 3. The molecule has 0 aliphatic rings. The zero-order chi connectivity index (χ0) is 16.8. The van der Waals surface area contributed by atoms with Crippen LogP contribution in [0.1, 0.15) is 21.5 Å². The lowest BCUT2D eigenvalue weighted by molar-refractivity contribution is -0.119. The van der Waals surface area contributed by atoms with E-state index in [0.29, 0.717) is 22.4 Å². The van der Waals surface area contributed by atoms with E-state index in [1.807, 2.05) is 0 Å². The van der Waals surface area contributed by atoms with Crippen molar-refractivity contribution in [3.63, 3.8) is 0 Å². The molecule has 2 aromatic carbocycles. The van der Waals surface area contributed by atoms with E-state index in [1.165, 1.54) is 6.07 Å². The molecule has 0 spiro atoms. The van der Waals surface area contributed by atoms with Crippen LogP contribution in [0.15, 0.2) is 42.5 Å². The third-order valence-electron chi connectivity index (χ3n) is 3.36. The Balaban J connectivity index is 1.88. The number of nitrogens with two attached hydrogens (primary N) is 1. The number of nitrogens with one attached hydrogen (secondary N) is 2. The van der Waals surface area contributed by atoms with Gasteiger partial charge in [0.25, 0.3) is 5.91 Å². The van der Waals surface area contributed by atoms with Gasteiger partial charge in [-0.15, -0.1) is 0 Å². The normalized spacial score (nSPS) is 10.2. The summed E-state index contributed by atoms with van der Waals surface area (Å²) in [6, 6.07) is 11.5. The zero-order valence-electron chi connectivity index (χ0n) is 12.7. The van der Waals surface area contributed by atoms with E-state index in [1.54, 1.807) is 43.3 Å². The van der Waals surface area contributed by atoms with Gasteiger partial charge in [0, 0.05) is 12.2 Å². The molecule has 0 saturated carbocycles. The largest absolute Gasteiger partial charge is 0.376 e. The summed E-state index contributed by atoms with van der Waals surface area (Å²) >= 11 is 0. The second kappa shape index (κ2) is 7.40. The van der Waals surface area contributed by atoms with Crippen LogP contribution in [0, 0.1) is 12.7 Å². The minimum absolute atomic E-state index is 0.0152. The molecule has 6 heteroatoms. The topological polar surface area (TPSA) is 84.2 Å². The molecule has 0 atom stereocenters. The summed E-state index contributed by atoms with van der Waals surface area (Å²) in [6.45, 7) is 1.89. The second-order valence-electron chi connectivity index (χ2n) is 5.12. The van der Waals surface area contributed by atoms with Gasteiger partial charge in [0.1, 0.15) is 5.82 Å². The van der Waals surface area contributed by atoms with Crippen molar-refractivity contribution in [1.29, 1.82) is 0 Å². The number of carbonyl (C=O) groups is 2. The molecule has 0 fully saturated rings. The summed E-state index contributed by atoms with van der Waals surface area (Å²) in [7, 11) is 0. The highest BCUT2D eigenvalue weighted by atomic mass is 19.1. The summed E-state index contributed by atoms with van der Waals surface area (Å²) in [6.07, 6.45) is 0. The Morgan fingerprint density at radius 1 is 1.17 bits per heavy atom. The average Bonchev–Trinajstić information content (AvgIpc) is 2.54. The lowest BCUT2D eigenvalue weighted by Crippen LogP contribution is -2.30. The second-order valence-corrected chi connectivity index (χ2v) is 5.12. The lowest BCUT2D eigenvalue weighted by atomic mass is 10.1. The maximum absolute atomic E-state index is 13.4. The molecule has 0 heterocycles.